The number of pyridine rings is 1. The van der Waals surface area contributed by atoms with Crippen molar-refractivity contribution in [3.8, 4) is 0 Å². The van der Waals surface area contributed by atoms with Gasteiger partial charge >= 0.3 is 5.69 Å². The SMILES string of the molecule is O=[N+]([O-])c1c(N2CC(O)(C3CC3)C2)ccc2ncccc12. The first kappa shape index (κ1) is 12.5. The molecule has 1 N–H and O–H groups in total. The molecule has 0 radical (unpaired) electrons. The Balaban J connectivity index is 1.75. The largest absolute Gasteiger partial charge is 0.386 e. The molecule has 1 aromatic carbocycles. The van der Waals surface area contributed by atoms with Crippen molar-refractivity contribution in [3.05, 3.63) is 40.6 Å². The van der Waals surface area contributed by atoms with E-state index >= 15 is 0 Å². The highest BCUT2D eigenvalue weighted by atomic mass is 16.6. The molecule has 0 bridgehead atoms. The number of nitro groups is 1. The molecule has 6 heteroatoms. The Morgan fingerprint density at radius 1 is 1.33 bits per heavy atom. The number of fused-ring (bicyclic) bond motifs is 1. The van der Waals surface area contributed by atoms with E-state index in [1.54, 1.807) is 30.5 Å². The number of nitro benzene ring substituents is 1. The van der Waals surface area contributed by atoms with Crippen molar-refractivity contribution in [2.45, 2.75) is 18.4 Å². The zero-order valence-corrected chi connectivity index (χ0v) is 11.4. The van der Waals surface area contributed by atoms with Gasteiger partial charge in [0.05, 0.1) is 15.8 Å². The maximum absolute atomic E-state index is 11.5. The van der Waals surface area contributed by atoms with Crippen LogP contribution in [0, 0.1) is 16.0 Å². The third kappa shape index (κ3) is 1.86. The van der Waals surface area contributed by atoms with Gasteiger partial charge in [-0.1, -0.05) is 0 Å². The number of aromatic nitrogens is 1. The second kappa shape index (κ2) is 4.14. The summed E-state index contributed by atoms with van der Waals surface area (Å²) in [6, 6.07) is 6.96. The van der Waals surface area contributed by atoms with Crippen LogP contribution >= 0.6 is 0 Å². The van der Waals surface area contributed by atoms with E-state index in [4.69, 9.17) is 0 Å². The Labute approximate surface area is 121 Å². The van der Waals surface area contributed by atoms with Crippen LogP contribution in [0.5, 0.6) is 0 Å². The smallest absolute Gasteiger partial charge is 0.301 e. The van der Waals surface area contributed by atoms with Gasteiger partial charge in [0.1, 0.15) is 11.3 Å². The minimum absolute atomic E-state index is 0.0819. The van der Waals surface area contributed by atoms with Gasteiger partial charge in [-0.2, -0.15) is 0 Å². The summed E-state index contributed by atoms with van der Waals surface area (Å²) in [6.45, 7) is 0.953. The molecule has 2 heterocycles. The van der Waals surface area contributed by atoms with Crippen LogP contribution in [0.1, 0.15) is 12.8 Å². The molecule has 2 fully saturated rings. The average molecular weight is 285 g/mol. The minimum atomic E-state index is -0.655. The van der Waals surface area contributed by atoms with Gasteiger partial charge in [0, 0.05) is 19.3 Å². The molecule has 2 aliphatic rings. The van der Waals surface area contributed by atoms with Crippen LogP contribution in [0.25, 0.3) is 10.9 Å². The number of rotatable bonds is 3. The number of nitrogens with zero attached hydrogens (tertiary/aromatic N) is 3. The standard InChI is InChI=1S/C15H15N3O3/c19-15(10-3-4-10)8-17(9-15)13-6-5-12-11(2-1-7-16-12)14(13)18(20)21/h1-2,5-7,10,19H,3-4,8-9H2. The van der Waals surface area contributed by atoms with Crippen molar-refractivity contribution in [2.75, 3.05) is 18.0 Å². The van der Waals surface area contributed by atoms with E-state index < -0.39 is 5.60 Å². The first-order chi connectivity index (χ1) is 10.1. The van der Waals surface area contributed by atoms with Crippen LogP contribution in [-0.2, 0) is 0 Å². The van der Waals surface area contributed by atoms with E-state index in [2.05, 4.69) is 4.98 Å². The fraction of sp³-hybridized carbons (Fsp3) is 0.400. The normalized spacial score (nSPS) is 20.3. The van der Waals surface area contributed by atoms with E-state index in [9.17, 15) is 15.2 Å². The molecule has 0 amide bonds. The molecule has 108 valence electrons. The van der Waals surface area contributed by atoms with Gasteiger partial charge in [0.2, 0.25) is 0 Å². The third-order valence-corrected chi connectivity index (χ3v) is 4.53. The van der Waals surface area contributed by atoms with Crippen molar-refractivity contribution in [2.24, 2.45) is 5.92 Å². The van der Waals surface area contributed by atoms with Crippen molar-refractivity contribution >= 4 is 22.3 Å². The van der Waals surface area contributed by atoms with Crippen LogP contribution in [-0.4, -0.2) is 33.7 Å². The Morgan fingerprint density at radius 2 is 2.10 bits per heavy atom. The molecule has 21 heavy (non-hydrogen) atoms. The fourth-order valence-electron chi connectivity index (χ4n) is 3.24. The van der Waals surface area contributed by atoms with Crippen LogP contribution in [0.15, 0.2) is 30.5 Å². The Hall–Kier alpha value is -2.21. The highest BCUT2D eigenvalue weighted by Crippen LogP contribution is 2.47. The lowest BCUT2D eigenvalue weighted by atomic mass is 9.88. The number of hydrogen-bond donors (Lipinski definition) is 1. The zero-order chi connectivity index (χ0) is 14.6. The van der Waals surface area contributed by atoms with Crippen molar-refractivity contribution in [3.63, 3.8) is 0 Å². The third-order valence-electron chi connectivity index (χ3n) is 4.53. The van der Waals surface area contributed by atoms with Crippen LogP contribution in [0.3, 0.4) is 0 Å². The monoisotopic (exact) mass is 285 g/mol. The number of anilines is 1. The summed E-state index contributed by atoms with van der Waals surface area (Å²) >= 11 is 0. The van der Waals surface area contributed by atoms with Crippen molar-refractivity contribution in [1.29, 1.82) is 0 Å². The van der Waals surface area contributed by atoms with E-state index in [-0.39, 0.29) is 10.6 Å². The quantitative estimate of drug-likeness (QED) is 0.690. The number of benzene rings is 1. The van der Waals surface area contributed by atoms with Gasteiger partial charge in [0.25, 0.3) is 0 Å². The van der Waals surface area contributed by atoms with Gasteiger partial charge < -0.3 is 10.0 Å². The van der Waals surface area contributed by atoms with Crippen LogP contribution < -0.4 is 4.90 Å². The molecular formula is C15H15N3O3. The number of β-amino-alcohol motifs (C(OH)–C–C–N with tert-alkyl or cyclic N) is 1. The summed E-state index contributed by atoms with van der Waals surface area (Å²) in [4.78, 5) is 17.2. The molecule has 1 aliphatic carbocycles. The molecule has 0 unspecified atom stereocenters. The predicted molar refractivity (Wildman–Crippen MR) is 78.3 cm³/mol. The second-order valence-corrected chi connectivity index (χ2v) is 5.99. The van der Waals surface area contributed by atoms with Gasteiger partial charge in [0.15, 0.2) is 0 Å². The van der Waals surface area contributed by atoms with Gasteiger partial charge in [-0.15, -0.1) is 0 Å². The Kier molecular flexibility index (Phi) is 2.47. The summed E-state index contributed by atoms with van der Waals surface area (Å²) in [5.41, 5.74) is 0.618. The lowest BCUT2D eigenvalue weighted by Gasteiger charge is -2.48. The molecule has 0 spiro atoms. The average Bonchev–Trinajstić information content (AvgIpc) is 3.27. The summed E-state index contributed by atoms with van der Waals surface area (Å²) < 4.78 is 0. The van der Waals surface area contributed by atoms with Gasteiger partial charge in [-0.05, 0) is 43.0 Å². The second-order valence-electron chi connectivity index (χ2n) is 5.99. The Morgan fingerprint density at radius 3 is 2.76 bits per heavy atom. The maximum atomic E-state index is 11.5. The van der Waals surface area contributed by atoms with Crippen LogP contribution in [0.4, 0.5) is 11.4 Å². The summed E-state index contributed by atoms with van der Waals surface area (Å²) in [7, 11) is 0. The highest BCUT2D eigenvalue weighted by Gasteiger charge is 2.52. The minimum Gasteiger partial charge on any atom is -0.386 e. The van der Waals surface area contributed by atoms with E-state index in [1.165, 1.54) is 0 Å². The summed E-state index contributed by atoms with van der Waals surface area (Å²) in [6.07, 6.45) is 3.75. The number of aliphatic hydroxyl groups is 1. The molecular weight excluding hydrogens is 270 g/mol. The van der Waals surface area contributed by atoms with Crippen LogP contribution in [0.2, 0.25) is 0 Å². The van der Waals surface area contributed by atoms with Crippen molar-refractivity contribution < 1.29 is 10.0 Å². The lowest BCUT2D eigenvalue weighted by molar-refractivity contribution is -0.382. The van der Waals surface area contributed by atoms with Crippen molar-refractivity contribution in [1.82, 2.24) is 4.98 Å². The molecule has 1 saturated heterocycles. The molecule has 0 atom stereocenters. The van der Waals surface area contributed by atoms with Gasteiger partial charge in [-0.3, -0.25) is 15.1 Å². The van der Waals surface area contributed by atoms with E-state index in [0.29, 0.717) is 35.6 Å². The summed E-state index contributed by atoms with van der Waals surface area (Å²) in [5.74, 6) is 0.370. The first-order valence-electron chi connectivity index (χ1n) is 7.08. The van der Waals surface area contributed by atoms with E-state index in [1.807, 2.05) is 4.90 Å². The zero-order valence-electron chi connectivity index (χ0n) is 11.4. The Bertz CT molecular complexity index is 736. The molecule has 1 aromatic heterocycles. The number of hydrogen-bond acceptors (Lipinski definition) is 5. The molecule has 1 aliphatic heterocycles. The van der Waals surface area contributed by atoms with Gasteiger partial charge in [-0.25, -0.2) is 0 Å². The molecule has 4 rings (SSSR count). The first-order valence-corrected chi connectivity index (χ1v) is 7.08. The molecule has 6 nitrogen and oxygen atoms in total. The molecule has 1 saturated carbocycles. The van der Waals surface area contributed by atoms with E-state index in [0.717, 1.165) is 12.8 Å². The lowest BCUT2D eigenvalue weighted by Crippen LogP contribution is -2.63. The fourth-order valence-corrected chi connectivity index (χ4v) is 3.24. The molecule has 2 aromatic rings. The highest BCUT2D eigenvalue weighted by molar-refractivity contribution is 5.94. The summed E-state index contributed by atoms with van der Waals surface area (Å²) in [5, 5.41) is 22.4. The predicted octanol–water partition coefficient (Wildman–Crippen LogP) is 2.10. The topological polar surface area (TPSA) is 79.5 Å². The maximum Gasteiger partial charge on any atom is 0.301 e.